The summed E-state index contributed by atoms with van der Waals surface area (Å²) >= 11 is 8.71. The molecule has 0 aromatic heterocycles. The van der Waals surface area contributed by atoms with Gasteiger partial charge < -0.3 is 10.1 Å². The van der Waals surface area contributed by atoms with E-state index in [2.05, 4.69) is 26.6 Å². The van der Waals surface area contributed by atoms with Gasteiger partial charge in [0.05, 0.1) is 9.37 Å². The number of anilines is 1. The zero-order valence-corrected chi connectivity index (χ0v) is 21.4. The van der Waals surface area contributed by atoms with Gasteiger partial charge >= 0.3 is 0 Å². The van der Waals surface area contributed by atoms with E-state index in [9.17, 15) is 13.2 Å². The fraction of sp³-hybridized carbons (Fsp3) is 0.217. The third kappa shape index (κ3) is 6.08. The van der Waals surface area contributed by atoms with Gasteiger partial charge in [-0.05, 0) is 69.3 Å². The van der Waals surface area contributed by atoms with Gasteiger partial charge in [-0.3, -0.25) is 10.1 Å². The third-order valence-corrected chi connectivity index (χ3v) is 7.98. The molecule has 0 fully saturated rings. The first-order valence-electron chi connectivity index (χ1n) is 10.3. The average molecular weight is 551 g/mol. The van der Waals surface area contributed by atoms with Crippen LogP contribution in [-0.2, 0) is 14.8 Å². The van der Waals surface area contributed by atoms with E-state index in [-0.39, 0.29) is 16.6 Å². The Balaban J connectivity index is 1.55. The van der Waals surface area contributed by atoms with Crippen LogP contribution < -0.4 is 15.4 Å². The molecule has 0 saturated carbocycles. The van der Waals surface area contributed by atoms with Gasteiger partial charge in [-0.25, -0.2) is 8.42 Å². The Kier molecular flexibility index (Phi) is 8.41. The number of carbonyl (C=O) groups excluding carboxylic acids is 1. The molecule has 3 aromatic carbocycles. The van der Waals surface area contributed by atoms with E-state index in [1.165, 1.54) is 16.4 Å². The normalized spacial score (nSPS) is 11.4. The molecule has 0 aliphatic heterocycles. The number of hydrogen-bond acceptors (Lipinski definition) is 5. The second-order valence-corrected chi connectivity index (χ2v) is 10.1. The molecule has 0 saturated heterocycles. The van der Waals surface area contributed by atoms with Gasteiger partial charge in [-0.1, -0.05) is 44.2 Å². The quantitative estimate of drug-likeness (QED) is 0.401. The SMILES string of the molecule is CCN(CC)S(=O)(=O)c1ccc(NC(=S)NC(=O)COc2ccc3ccccc3c2Br)cc1. The van der Waals surface area contributed by atoms with Crippen LogP contribution in [0.3, 0.4) is 0 Å². The molecule has 3 aromatic rings. The molecule has 33 heavy (non-hydrogen) atoms. The molecule has 0 unspecified atom stereocenters. The minimum absolute atomic E-state index is 0.0838. The van der Waals surface area contributed by atoms with Gasteiger partial charge in [-0.2, -0.15) is 4.31 Å². The van der Waals surface area contributed by atoms with Crippen LogP contribution in [-0.4, -0.2) is 43.4 Å². The van der Waals surface area contributed by atoms with Gasteiger partial charge in [0.1, 0.15) is 5.75 Å². The molecule has 0 aliphatic carbocycles. The molecule has 0 bridgehead atoms. The molecule has 1 amide bonds. The van der Waals surface area contributed by atoms with Crippen molar-refractivity contribution >= 4 is 65.7 Å². The number of carbonyl (C=O) groups is 1. The largest absolute Gasteiger partial charge is 0.483 e. The van der Waals surface area contributed by atoms with Crippen molar-refractivity contribution in [3.63, 3.8) is 0 Å². The van der Waals surface area contributed by atoms with Crippen LogP contribution in [0.25, 0.3) is 10.8 Å². The maximum atomic E-state index is 12.6. The van der Waals surface area contributed by atoms with Crippen molar-refractivity contribution in [3.05, 3.63) is 65.1 Å². The molecular weight excluding hydrogens is 526 g/mol. The highest BCUT2D eigenvalue weighted by Crippen LogP contribution is 2.32. The summed E-state index contributed by atoms with van der Waals surface area (Å²) in [5, 5.41) is 7.55. The van der Waals surface area contributed by atoms with E-state index in [1.807, 2.05) is 30.3 Å². The zero-order valence-electron chi connectivity index (χ0n) is 18.2. The summed E-state index contributed by atoms with van der Waals surface area (Å²) in [4.78, 5) is 12.5. The van der Waals surface area contributed by atoms with Gasteiger partial charge in [0.25, 0.3) is 5.91 Å². The van der Waals surface area contributed by atoms with Gasteiger partial charge in [0.15, 0.2) is 11.7 Å². The Morgan fingerprint density at radius 2 is 1.70 bits per heavy atom. The number of thiocarbonyl (C=S) groups is 1. The Morgan fingerprint density at radius 3 is 2.36 bits per heavy atom. The molecule has 10 heteroatoms. The van der Waals surface area contributed by atoms with Crippen molar-refractivity contribution in [2.45, 2.75) is 18.7 Å². The predicted octanol–water partition coefficient (Wildman–Crippen LogP) is 4.52. The maximum absolute atomic E-state index is 12.6. The van der Waals surface area contributed by atoms with Crippen molar-refractivity contribution < 1.29 is 17.9 Å². The number of halogens is 1. The molecule has 7 nitrogen and oxygen atoms in total. The summed E-state index contributed by atoms with van der Waals surface area (Å²) in [5.74, 6) is 0.126. The van der Waals surface area contributed by atoms with Crippen molar-refractivity contribution in [2.24, 2.45) is 0 Å². The number of rotatable bonds is 8. The van der Waals surface area contributed by atoms with E-state index < -0.39 is 15.9 Å². The Labute approximate surface area is 207 Å². The van der Waals surface area contributed by atoms with E-state index in [0.717, 1.165) is 15.2 Å². The number of hydrogen-bond donors (Lipinski definition) is 2. The lowest BCUT2D eigenvalue weighted by atomic mass is 10.1. The number of sulfonamides is 1. The molecular formula is C23H24BrN3O4S2. The van der Waals surface area contributed by atoms with Crippen LogP contribution in [0.5, 0.6) is 5.75 Å². The Hall–Kier alpha value is -2.53. The van der Waals surface area contributed by atoms with Crippen molar-refractivity contribution in [1.29, 1.82) is 0 Å². The summed E-state index contributed by atoms with van der Waals surface area (Å²) in [6.45, 7) is 4.15. The first kappa shape index (κ1) is 25.1. The highest BCUT2D eigenvalue weighted by Gasteiger charge is 2.21. The van der Waals surface area contributed by atoms with E-state index in [0.29, 0.717) is 24.5 Å². The molecule has 0 aliphatic rings. The number of ether oxygens (including phenoxy) is 1. The molecule has 0 heterocycles. The van der Waals surface area contributed by atoms with E-state index in [4.69, 9.17) is 17.0 Å². The second-order valence-electron chi connectivity index (χ2n) is 7.00. The topological polar surface area (TPSA) is 87.7 Å². The number of benzene rings is 3. The monoisotopic (exact) mass is 549 g/mol. The fourth-order valence-electron chi connectivity index (χ4n) is 3.22. The van der Waals surface area contributed by atoms with Crippen molar-refractivity contribution in [2.75, 3.05) is 25.0 Å². The molecule has 3 rings (SSSR count). The van der Waals surface area contributed by atoms with Crippen LogP contribution in [0, 0.1) is 0 Å². The summed E-state index contributed by atoms with van der Waals surface area (Å²) in [6.07, 6.45) is 0. The van der Waals surface area contributed by atoms with E-state index in [1.54, 1.807) is 32.0 Å². The van der Waals surface area contributed by atoms with Gasteiger partial charge in [-0.15, -0.1) is 0 Å². The molecule has 0 spiro atoms. The van der Waals surface area contributed by atoms with Gasteiger partial charge in [0.2, 0.25) is 10.0 Å². The van der Waals surface area contributed by atoms with Crippen LogP contribution in [0.1, 0.15) is 13.8 Å². The lowest BCUT2D eigenvalue weighted by molar-refractivity contribution is -0.121. The number of nitrogens with one attached hydrogen (secondary N) is 2. The predicted molar refractivity (Wildman–Crippen MR) is 138 cm³/mol. The smallest absolute Gasteiger partial charge is 0.264 e. The lowest BCUT2D eigenvalue weighted by Crippen LogP contribution is -2.37. The van der Waals surface area contributed by atoms with Crippen LogP contribution >= 0.6 is 28.1 Å². The summed E-state index contributed by atoms with van der Waals surface area (Å²) in [6, 6.07) is 17.7. The summed E-state index contributed by atoms with van der Waals surface area (Å²) in [7, 11) is -3.53. The minimum Gasteiger partial charge on any atom is -0.483 e. The highest BCUT2D eigenvalue weighted by molar-refractivity contribution is 9.10. The minimum atomic E-state index is -3.53. The van der Waals surface area contributed by atoms with Crippen molar-refractivity contribution in [1.82, 2.24) is 9.62 Å². The standard InChI is InChI=1S/C23H24BrN3O4S2/c1-3-27(4-2)33(29,30)18-12-10-17(11-13-18)25-23(32)26-21(28)15-31-20-14-9-16-7-5-6-8-19(16)22(20)24/h5-14H,3-4,15H2,1-2H3,(H2,25,26,28,32). The van der Waals surface area contributed by atoms with Crippen LogP contribution in [0.15, 0.2) is 70.0 Å². The molecule has 0 atom stereocenters. The third-order valence-electron chi connectivity index (χ3n) is 4.89. The highest BCUT2D eigenvalue weighted by atomic mass is 79.9. The summed E-state index contributed by atoms with van der Waals surface area (Å²) < 4.78 is 32.9. The van der Waals surface area contributed by atoms with Crippen molar-refractivity contribution in [3.8, 4) is 5.75 Å². The number of amides is 1. The fourth-order valence-corrected chi connectivity index (χ4v) is 5.51. The maximum Gasteiger partial charge on any atom is 0.264 e. The van der Waals surface area contributed by atoms with E-state index >= 15 is 0 Å². The molecule has 174 valence electrons. The second kappa shape index (κ2) is 11.1. The first-order valence-corrected chi connectivity index (χ1v) is 12.9. The molecule has 0 radical (unpaired) electrons. The Bertz CT molecular complexity index is 1260. The summed E-state index contributed by atoms with van der Waals surface area (Å²) in [5.41, 5.74) is 0.553. The lowest BCUT2D eigenvalue weighted by Gasteiger charge is -2.18. The van der Waals surface area contributed by atoms with Crippen LogP contribution in [0.4, 0.5) is 5.69 Å². The zero-order chi connectivity index (χ0) is 24.0. The van der Waals surface area contributed by atoms with Crippen LogP contribution in [0.2, 0.25) is 0 Å². The number of nitrogens with zero attached hydrogens (tertiary/aromatic N) is 1. The van der Waals surface area contributed by atoms with Gasteiger partial charge in [0, 0.05) is 18.8 Å². The first-order chi connectivity index (χ1) is 15.8. The number of fused-ring (bicyclic) bond motifs is 1. The molecule has 2 N–H and O–H groups in total. The Morgan fingerprint density at radius 1 is 1.03 bits per heavy atom. The average Bonchev–Trinajstić information content (AvgIpc) is 2.79.